The van der Waals surface area contributed by atoms with Gasteiger partial charge in [0.2, 0.25) is 11.2 Å². The molecule has 0 saturated heterocycles. The van der Waals surface area contributed by atoms with Crippen molar-refractivity contribution in [1.82, 2.24) is 15.0 Å². The molecule has 0 atom stereocenters. The van der Waals surface area contributed by atoms with Gasteiger partial charge in [0.15, 0.2) is 5.82 Å². The molecule has 106 valence electrons. The minimum atomic E-state index is 0.233. The number of halogens is 1. The molecule has 2 rings (SSSR count). The van der Waals surface area contributed by atoms with Crippen LogP contribution in [0.15, 0.2) is 24.3 Å². The van der Waals surface area contributed by atoms with Crippen molar-refractivity contribution in [2.24, 2.45) is 0 Å². The van der Waals surface area contributed by atoms with E-state index in [0.717, 1.165) is 25.1 Å². The van der Waals surface area contributed by atoms with Crippen LogP contribution in [0.4, 0.5) is 5.95 Å². The van der Waals surface area contributed by atoms with E-state index in [0.29, 0.717) is 11.8 Å². The van der Waals surface area contributed by atoms with E-state index >= 15 is 0 Å². The molecule has 20 heavy (non-hydrogen) atoms. The molecule has 0 radical (unpaired) electrons. The number of rotatable bonds is 5. The van der Waals surface area contributed by atoms with Crippen LogP contribution in [-0.4, -0.2) is 28.0 Å². The zero-order valence-electron chi connectivity index (χ0n) is 12.1. The Kier molecular flexibility index (Phi) is 4.90. The molecule has 1 aromatic carbocycles. The summed E-state index contributed by atoms with van der Waals surface area (Å²) in [7, 11) is 0. The van der Waals surface area contributed by atoms with Gasteiger partial charge in [0.25, 0.3) is 0 Å². The number of hydrogen-bond donors (Lipinski definition) is 0. The molecule has 1 aromatic heterocycles. The fourth-order valence-electron chi connectivity index (χ4n) is 2.01. The van der Waals surface area contributed by atoms with Gasteiger partial charge in [-0.2, -0.15) is 15.0 Å². The number of hydrogen-bond acceptors (Lipinski definition) is 4. The van der Waals surface area contributed by atoms with Crippen LogP contribution in [0.25, 0.3) is 11.4 Å². The minimum Gasteiger partial charge on any atom is -0.341 e. The summed E-state index contributed by atoms with van der Waals surface area (Å²) in [4.78, 5) is 15.0. The van der Waals surface area contributed by atoms with E-state index in [-0.39, 0.29) is 5.28 Å². The number of anilines is 1. The molecule has 0 amide bonds. The maximum Gasteiger partial charge on any atom is 0.230 e. The first-order valence-electron chi connectivity index (χ1n) is 6.93. The summed E-state index contributed by atoms with van der Waals surface area (Å²) in [5, 5.41) is 0.233. The Balaban J connectivity index is 2.40. The Morgan fingerprint density at radius 1 is 0.950 bits per heavy atom. The van der Waals surface area contributed by atoms with Gasteiger partial charge in [-0.05, 0) is 37.4 Å². The van der Waals surface area contributed by atoms with E-state index in [4.69, 9.17) is 11.6 Å². The molecule has 0 unspecified atom stereocenters. The highest BCUT2D eigenvalue weighted by Gasteiger charge is 2.11. The summed E-state index contributed by atoms with van der Waals surface area (Å²) in [6.45, 7) is 7.94. The van der Waals surface area contributed by atoms with E-state index in [2.05, 4.69) is 52.8 Å². The van der Waals surface area contributed by atoms with Gasteiger partial charge < -0.3 is 4.90 Å². The Hall–Kier alpha value is -1.68. The quantitative estimate of drug-likeness (QED) is 0.844. The van der Waals surface area contributed by atoms with Crippen LogP contribution in [0.3, 0.4) is 0 Å². The van der Waals surface area contributed by atoms with Gasteiger partial charge >= 0.3 is 0 Å². The molecule has 0 bridgehead atoms. The third-order valence-corrected chi connectivity index (χ3v) is 3.43. The fraction of sp³-hybridized carbons (Fsp3) is 0.400. The predicted molar refractivity (Wildman–Crippen MR) is 83.2 cm³/mol. The topological polar surface area (TPSA) is 41.9 Å². The van der Waals surface area contributed by atoms with E-state index in [1.165, 1.54) is 5.56 Å². The molecule has 0 aliphatic rings. The van der Waals surface area contributed by atoms with E-state index < -0.39 is 0 Å². The van der Waals surface area contributed by atoms with Crippen molar-refractivity contribution < 1.29 is 0 Å². The summed E-state index contributed by atoms with van der Waals surface area (Å²) >= 11 is 6.03. The van der Waals surface area contributed by atoms with Gasteiger partial charge in [-0.15, -0.1) is 0 Å². The molecule has 0 spiro atoms. The smallest absolute Gasteiger partial charge is 0.230 e. The Labute approximate surface area is 124 Å². The number of aryl methyl sites for hydroxylation is 1. The first kappa shape index (κ1) is 14.7. The SMILES string of the molecule is CCc1ccc(-c2nc(Cl)nc(N(CC)CC)n2)cc1. The van der Waals surface area contributed by atoms with Gasteiger partial charge in [0, 0.05) is 18.7 Å². The monoisotopic (exact) mass is 290 g/mol. The number of benzene rings is 1. The largest absolute Gasteiger partial charge is 0.341 e. The second-order valence-corrected chi connectivity index (χ2v) is 4.79. The average molecular weight is 291 g/mol. The normalized spacial score (nSPS) is 10.6. The van der Waals surface area contributed by atoms with Crippen molar-refractivity contribution in [3.63, 3.8) is 0 Å². The van der Waals surface area contributed by atoms with Gasteiger partial charge in [0.05, 0.1) is 0 Å². The summed E-state index contributed by atoms with van der Waals surface area (Å²) in [5.74, 6) is 1.25. The second-order valence-electron chi connectivity index (χ2n) is 4.45. The van der Waals surface area contributed by atoms with Crippen molar-refractivity contribution in [3.05, 3.63) is 35.1 Å². The lowest BCUT2D eigenvalue weighted by molar-refractivity contribution is 0.813. The van der Waals surface area contributed by atoms with Crippen molar-refractivity contribution in [3.8, 4) is 11.4 Å². The fourth-order valence-corrected chi connectivity index (χ4v) is 2.16. The van der Waals surface area contributed by atoms with Crippen LogP contribution < -0.4 is 4.90 Å². The van der Waals surface area contributed by atoms with Crippen LogP contribution >= 0.6 is 11.6 Å². The van der Waals surface area contributed by atoms with Crippen molar-refractivity contribution in [1.29, 1.82) is 0 Å². The molecule has 0 fully saturated rings. The summed E-state index contributed by atoms with van der Waals surface area (Å²) in [6.07, 6.45) is 1.02. The first-order valence-corrected chi connectivity index (χ1v) is 7.31. The van der Waals surface area contributed by atoms with Crippen LogP contribution in [0.1, 0.15) is 26.3 Å². The third kappa shape index (κ3) is 3.25. The van der Waals surface area contributed by atoms with E-state index in [9.17, 15) is 0 Å². The maximum absolute atomic E-state index is 6.03. The molecule has 0 aliphatic heterocycles. The third-order valence-electron chi connectivity index (χ3n) is 3.26. The lowest BCUT2D eigenvalue weighted by Crippen LogP contribution is -2.24. The van der Waals surface area contributed by atoms with Crippen molar-refractivity contribution in [2.45, 2.75) is 27.2 Å². The average Bonchev–Trinajstić information content (AvgIpc) is 2.48. The zero-order valence-corrected chi connectivity index (χ0v) is 12.9. The summed E-state index contributed by atoms with van der Waals surface area (Å²) in [6, 6.07) is 8.22. The molecule has 5 heteroatoms. The molecule has 0 saturated carbocycles. The van der Waals surface area contributed by atoms with E-state index in [1.54, 1.807) is 0 Å². The highest BCUT2D eigenvalue weighted by atomic mass is 35.5. The lowest BCUT2D eigenvalue weighted by Gasteiger charge is -2.18. The number of nitrogens with zero attached hydrogens (tertiary/aromatic N) is 4. The van der Waals surface area contributed by atoms with Gasteiger partial charge in [-0.1, -0.05) is 31.2 Å². The first-order chi connectivity index (χ1) is 9.67. The maximum atomic E-state index is 6.03. The summed E-state index contributed by atoms with van der Waals surface area (Å²) < 4.78 is 0. The van der Waals surface area contributed by atoms with Crippen LogP contribution in [0.5, 0.6) is 0 Å². The predicted octanol–water partition coefficient (Wildman–Crippen LogP) is 3.60. The van der Waals surface area contributed by atoms with Crippen molar-refractivity contribution >= 4 is 17.5 Å². The Morgan fingerprint density at radius 3 is 2.15 bits per heavy atom. The Morgan fingerprint density at radius 2 is 1.60 bits per heavy atom. The van der Waals surface area contributed by atoms with Gasteiger partial charge in [0.1, 0.15) is 0 Å². The lowest BCUT2D eigenvalue weighted by atomic mass is 10.1. The molecule has 0 aliphatic carbocycles. The highest BCUT2D eigenvalue weighted by molar-refractivity contribution is 6.28. The molecule has 2 aromatic rings. The van der Waals surface area contributed by atoms with Crippen molar-refractivity contribution in [2.75, 3.05) is 18.0 Å². The van der Waals surface area contributed by atoms with Gasteiger partial charge in [-0.3, -0.25) is 0 Å². The standard InChI is InChI=1S/C15H19ClN4/c1-4-11-7-9-12(10-8-11)13-17-14(16)19-15(18-13)20(5-2)6-3/h7-10H,4-6H2,1-3H3. The van der Waals surface area contributed by atoms with Crippen LogP contribution in [0, 0.1) is 0 Å². The van der Waals surface area contributed by atoms with Crippen LogP contribution in [0.2, 0.25) is 5.28 Å². The second kappa shape index (κ2) is 6.66. The molecular weight excluding hydrogens is 272 g/mol. The number of aromatic nitrogens is 3. The summed E-state index contributed by atoms with van der Waals surface area (Å²) in [5.41, 5.74) is 2.25. The van der Waals surface area contributed by atoms with Crippen LogP contribution in [-0.2, 0) is 6.42 Å². The molecule has 4 nitrogen and oxygen atoms in total. The minimum absolute atomic E-state index is 0.233. The Bertz CT molecular complexity index is 565. The molecule has 1 heterocycles. The highest BCUT2D eigenvalue weighted by Crippen LogP contribution is 2.20. The molecular formula is C15H19ClN4. The zero-order chi connectivity index (χ0) is 14.5. The molecule has 0 N–H and O–H groups in total. The van der Waals surface area contributed by atoms with Gasteiger partial charge in [-0.25, -0.2) is 0 Å². The van der Waals surface area contributed by atoms with E-state index in [1.807, 2.05) is 12.1 Å².